The monoisotopic (exact) mass is 317 g/mol. The van der Waals surface area contributed by atoms with Crippen LogP contribution in [0.3, 0.4) is 0 Å². The van der Waals surface area contributed by atoms with Gasteiger partial charge in [-0.15, -0.1) is 0 Å². The molecule has 1 N–H and O–H groups in total. The molecular weight excluding hydrogens is 297 g/mol. The van der Waals surface area contributed by atoms with Gasteiger partial charge in [-0.1, -0.05) is 0 Å². The van der Waals surface area contributed by atoms with Crippen molar-refractivity contribution in [2.24, 2.45) is 0 Å². The van der Waals surface area contributed by atoms with Crippen LogP contribution in [0.15, 0.2) is 24.7 Å². The van der Waals surface area contributed by atoms with Gasteiger partial charge in [-0.05, 0) is 18.9 Å². The summed E-state index contributed by atoms with van der Waals surface area (Å²) in [6.45, 7) is 1.66. The van der Waals surface area contributed by atoms with Crippen LogP contribution in [0.4, 0.5) is 22.1 Å². The first-order valence-electron chi connectivity index (χ1n) is 7.61. The summed E-state index contributed by atoms with van der Waals surface area (Å²) >= 11 is 0. The van der Waals surface area contributed by atoms with E-state index in [2.05, 4.69) is 30.2 Å². The first kappa shape index (κ1) is 15.4. The molecule has 7 nitrogen and oxygen atoms in total. The highest BCUT2D eigenvalue weighted by molar-refractivity contribution is 5.41. The number of nitrogens with zero attached hydrogens (tertiary/aromatic N) is 6. The average Bonchev–Trinajstić information content (AvgIpc) is 2.57. The van der Waals surface area contributed by atoms with Gasteiger partial charge in [0.15, 0.2) is 5.82 Å². The molecule has 1 saturated heterocycles. The second-order valence-electron chi connectivity index (χ2n) is 5.74. The Morgan fingerprint density at radius 1 is 1.17 bits per heavy atom. The Morgan fingerprint density at radius 2 is 1.87 bits per heavy atom. The van der Waals surface area contributed by atoms with Crippen molar-refractivity contribution in [3.05, 3.63) is 30.5 Å². The maximum absolute atomic E-state index is 12.9. The van der Waals surface area contributed by atoms with Gasteiger partial charge in [-0.2, -0.15) is 4.98 Å². The Labute approximate surface area is 134 Å². The normalized spacial score (nSPS) is 15.5. The number of aromatic nitrogens is 4. The van der Waals surface area contributed by atoms with Crippen molar-refractivity contribution in [3.63, 3.8) is 0 Å². The summed E-state index contributed by atoms with van der Waals surface area (Å²) in [7, 11) is 3.83. The summed E-state index contributed by atoms with van der Waals surface area (Å²) in [5, 5.41) is 3.45. The summed E-state index contributed by atoms with van der Waals surface area (Å²) in [4.78, 5) is 20.7. The fraction of sp³-hybridized carbons (Fsp3) is 0.467. The third-order valence-corrected chi connectivity index (χ3v) is 3.78. The lowest BCUT2D eigenvalue weighted by Gasteiger charge is -2.32. The third-order valence-electron chi connectivity index (χ3n) is 3.78. The number of rotatable bonds is 4. The minimum absolute atomic E-state index is 0.344. The molecule has 0 spiro atoms. The SMILES string of the molecule is CN(C)c1nccc(NC2CCN(c3ncc(F)cn3)CC2)n1. The molecule has 0 saturated carbocycles. The Hall–Kier alpha value is -2.51. The highest BCUT2D eigenvalue weighted by Crippen LogP contribution is 2.19. The average molecular weight is 317 g/mol. The summed E-state index contributed by atoms with van der Waals surface area (Å²) in [6.07, 6.45) is 6.06. The maximum atomic E-state index is 12.9. The van der Waals surface area contributed by atoms with Crippen molar-refractivity contribution >= 4 is 17.7 Å². The van der Waals surface area contributed by atoms with E-state index in [4.69, 9.17) is 0 Å². The van der Waals surface area contributed by atoms with Gasteiger partial charge < -0.3 is 15.1 Å². The Morgan fingerprint density at radius 3 is 2.52 bits per heavy atom. The van der Waals surface area contributed by atoms with Crippen LogP contribution >= 0.6 is 0 Å². The molecule has 0 radical (unpaired) electrons. The van der Waals surface area contributed by atoms with E-state index in [0.29, 0.717) is 17.9 Å². The molecule has 1 aliphatic rings. The van der Waals surface area contributed by atoms with E-state index in [1.54, 1.807) is 6.20 Å². The number of nitrogens with one attached hydrogen (secondary N) is 1. The number of piperidine rings is 1. The van der Waals surface area contributed by atoms with E-state index < -0.39 is 5.82 Å². The number of hydrogen-bond acceptors (Lipinski definition) is 7. The Balaban J connectivity index is 1.57. The van der Waals surface area contributed by atoms with Crippen LogP contribution in [-0.4, -0.2) is 53.2 Å². The third kappa shape index (κ3) is 3.82. The molecule has 1 fully saturated rings. The summed E-state index contributed by atoms with van der Waals surface area (Å²) in [5.74, 6) is 1.69. The largest absolute Gasteiger partial charge is 0.367 e. The Bertz CT molecular complexity index is 639. The molecule has 8 heteroatoms. The minimum Gasteiger partial charge on any atom is -0.367 e. The van der Waals surface area contributed by atoms with Gasteiger partial charge in [0.05, 0.1) is 12.4 Å². The fourth-order valence-corrected chi connectivity index (χ4v) is 2.55. The van der Waals surface area contributed by atoms with Crippen molar-refractivity contribution in [3.8, 4) is 0 Å². The topological polar surface area (TPSA) is 70.1 Å². The predicted octanol–water partition coefficient (Wildman–Crippen LogP) is 1.55. The summed E-state index contributed by atoms with van der Waals surface area (Å²) < 4.78 is 12.9. The summed E-state index contributed by atoms with van der Waals surface area (Å²) in [6, 6.07) is 2.22. The highest BCUT2D eigenvalue weighted by Gasteiger charge is 2.21. The van der Waals surface area contributed by atoms with E-state index in [1.807, 2.05) is 25.1 Å². The van der Waals surface area contributed by atoms with E-state index in [0.717, 1.165) is 31.7 Å². The summed E-state index contributed by atoms with van der Waals surface area (Å²) in [5.41, 5.74) is 0. The molecule has 1 aliphatic heterocycles. The molecule has 2 aromatic heterocycles. The lowest BCUT2D eigenvalue weighted by Crippen LogP contribution is -2.40. The molecule has 0 aliphatic carbocycles. The molecule has 0 amide bonds. The van der Waals surface area contributed by atoms with Crippen molar-refractivity contribution in [2.75, 3.05) is 42.3 Å². The highest BCUT2D eigenvalue weighted by atomic mass is 19.1. The van der Waals surface area contributed by atoms with E-state index in [-0.39, 0.29) is 0 Å². The fourth-order valence-electron chi connectivity index (χ4n) is 2.55. The lowest BCUT2D eigenvalue weighted by atomic mass is 10.1. The van der Waals surface area contributed by atoms with Crippen molar-refractivity contribution < 1.29 is 4.39 Å². The molecule has 3 rings (SSSR count). The number of halogens is 1. The zero-order chi connectivity index (χ0) is 16.2. The number of anilines is 3. The molecule has 2 aromatic rings. The van der Waals surface area contributed by atoms with Crippen LogP contribution in [0.2, 0.25) is 0 Å². The van der Waals surface area contributed by atoms with Gasteiger partial charge in [0, 0.05) is 39.4 Å². The quantitative estimate of drug-likeness (QED) is 0.917. The smallest absolute Gasteiger partial charge is 0.226 e. The van der Waals surface area contributed by atoms with Crippen LogP contribution in [0.5, 0.6) is 0 Å². The molecule has 0 unspecified atom stereocenters. The van der Waals surface area contributed by atoms with Crippen LogP contribution in [0, 0.1) is 5.82 Å². The van der Waals surface area contributed by atoms with Crippen molar-refractivity contribution in [1.29, 1.82) is 0 Å². The van der Waals surface area contributed by atoms with Gasteiger partial charge >= 0.3 is 0 Å². The van der Waals surface area contributed by atoms with E-state index in [9.17, 15) is 4.39 Å². The van der Waals surface area contributed by atoms with Gasteiger partial charge in [0.2, 0.25) is 11.9 Å². The molecular formula is C15H20FN7. The van der Waals surface area contributed by atoms with Crippen LogP contribution in [0.1, 0.15) is 12.8 Å². The van der Waals surface area contributed by atoms with Gasteiger partial charge in [-0.3, -0.25) is 0 Å². The minimum atomic E-state index is -0.411. The van der Waals surface area contributed by atoms with Crippen LogP contribution < -0.4 is 15.1 Å². The predicted molar refractivity (Wildman–Crippen MR) is 87.2 cm³/mol. The van der Waals surface area contributed by atoms with Gasteiger partial charge in [0.25, 0.3) is 0 Å². The van der Waals surface area contributed by atoms with Crippen molar-refractivity contribution in [2.45, 2.75) is 18.9 Å². The van der Waals surface area contributed by atoms with Gasteiger partial charge in [-0.25, -0.2) is 19.3 Å². The standard InChI is InChI=1S/C15H20FN7/c1-22(2)15-17-6-3-13(21-15)20-12-4-7-23(8-5-12)14-18-9-11(16)10-19-14/h3,6,9-10,12H,4-5,7-8H2,1-2H3,(H,17,20,21). The zero-order valence-electron chi connectivity index (χ0n) is 13.3. The molecule has 0 bridgehead atoms. The van der Waals surface area contributed by atoms with Crippen LogP contribution in [0.25, 0.3) is 0 Å². The molecule has 0 atom stereocenters. The first-order valence-corrected chi connectivity index (χ1v) is 7.61. The zero-order valence-corrected chi connectivity index (χ0v) is 13.3. The van der Waals surface area contributed by atoms with Gasteiger partial charge in [0.1, 0.15) is 5.82 Å². The van der Waals surface area contributed by atoms with E-state index in [1.165, 1.54) is 12.4 Å². The number of hydrogen-bond donors (Lipinski definition) is 1. The first-order chi connectivity index (χ1) is 11.1. The Kier molecular flexibility index (Phi) is 4.50. The maximum Gasteiger partial charge on any atom is 0.226 e. The molecule has 0 aromatic carbocycles. The van der Waals surface area contributed by atoms with Crippen LogP contribution in [-0.2, 0) is 0 Å². The molecule has 122 valence electrons. The van der Waals surface area contributed by atoms with Crippen molar-refractivity contribution in [1.82, 2.24) is 19.9 Å². The van der Waals surface area contributed by atoms with E-state index >= 15 is 0 Å². The molecule has 3 heterocycles. The second kappa shape index (κ2) is 6.72. The molecule has 23 heavy (non-hydrogen) atoms. The second-order valence-corrected chi connectivity index (χ2v) is 5.74. The lowest BCUT2D eigenvalue weighted by molar-refractivity contribution is 0.516.